The lowest BCUT2D eigenvalue weighted by atomic mass is 9.77. The number of nitrogens with zero attached hydrogens (tertiary/aromatic N) is 2. The quantitative estimate of drug-likeness (QED) is 0.393. The van der Waals surface area contributed by atoms with Crippen LogP contribution < -0.4 is 4.90 Å². The van der Waals surface area contributed by atoms with E-state index in [1.54, 1.807) is 61.5 Å². The molecule has 4 heterocycles. The van der Waals surface area contributed by atoms with Crippen molar-refractivity contribution in [1.82, 2.24) is 4.90 Å². The average molecular weight is 446 g/mol. The first-order valence-corrected chi connectivity index (χ1v) is 10.6. The summed E-state index contributed by atoms with van der Waals surface area (Å²) < 4.78 is 11.4. The molecule has 2 aromatic carbocycles. The van der Waals surface area contributed by atoms with Gasteiger partial charge in [-0.15, -0.1) is 0 Å². The van der Waals surface area contributed by atoms with Gasteiger partial charge in [0.2, 0.25) is 17.4 Å². The molecular weight excluding hydrogens is 428 g/mol. The highest BCUT2D eigenvalue weighted by molar-refractivity contribution is 6.28. The maximum atomic E-state index is 13.8. The number of para-hydroxylation sites is 1. The van der Waals surface area contributed by atoms with Crippen molar-refractivity contribution in [3.8, 4) is 0 Å². The first-order chi connectivity index (χ1) is 15.9. The van der Waals surface area contributed by atoms with Gasteiger partial charge in [-0.25, -0.2) is 9.69 Å². The number of carbonyl (C=O) groups excluding carboxylic acids is 5. The molecule has 0 N–H and O–H groups in total. The zero-order valence-electron chi connectivity index (χ0n) is 17.5. The number of ketones is 1. The number of hydrogen-bond donors (Lipinski definition) is 0. The lowest BCUT2D eigenvalue weighted by Gasteiger charge is -2.44. The van der Waals surface area contributed by atoms with Crippen LogP contribution in [0.25, 0.3) is 0 Å². The van der Waals surface area contributed by atoms with Crippen molar-refractivity contribution in [3.63, 3.8) is 0 Å². The second kappa shape index (κ2) is 6.35. The lowest BCUT2D eigenvalue weighted by Crippen LogP contribution is -2.64. The molecule has 4 aliphatic heterocycles. The minimum Gasteiger partial charge on any atom is -0.463 e. The van der Waals surface area contributed by atoms with E-state index in [2.05, 4.69) is 0 Å². The fourth-order valence-corrected chi connectivity index (χ4v) is 5.75. The third-order valence-corrected chi connectivity index (χ3v) is 6.98. The van der Waals surface area contributed by atoms with Crippen LogP contribution in [-0.2, 0) is 34.4 Å². The first-order valence-electron chi connectivity index (χ1n) is 10.6. The molecule has 0 radical (unpaired) electrons. The largest absolute Gasteiger partial charge is 0.463 e. The van der Waals surface area contributed by atoms with Crippen molar-refractivity contribution < 1.29 is 33.4 Å². The van der Waals surface area contributed by atoms with E-state index in [-0.39, 0.29) is 12.2 Å². The van der Waals surface area contributed by atoms with E-state index in [1.165, 1.54) is 4.90 Å². The number of imide groups is 1. The SMILES string of the molecule is CCOC(=O)C12OC3(c4ccccc4C(=O)N3CC1=O)C1C(=O)N(c3ccccc3)C(=O)C12. The highest BCUT2D eigenvalue weighted by Crippen LogP contribution is 2.63. The van der Waals surface area contributed by atoms with Crippen LogP contribution in [0.3, 0.4) is 0 Å². The van der Waals surface area contributed by atoms with Crippen LogP contribution in [0.4, 0.5) is 5.69 Å². The van der Waals surface area contributed by atoms with Crippen molar-refractivity contribution in [2.45, 2.75) is 18.2 Å². The Kier molecular flexibility index (Phi) is 3.81. The van der Waals surface area contributed by atoms with Crippen LogP contribution in [0, 0.1) is 11.8 Å². The van der Waals surface area contributed by atoms with Crippen LogP contribution in [0.1, 0.15) is 22.8 Å². The van der Waals surface area contributed by atoms with Gasteiger partial charge in [0, 0.05) is 11.1 Å². The molecular formula is C24H18N2O7. The number of Topliss-reactive ketones (excluding diaryl/α,β-unsaturated/α-hetero) is 1. The fraction of sp³-hybridized carbons (Fsp3) is 0.292. The number of ether oxygens (including phenoxy) is 2. The van der Waals surface area contributed by atoms with Crippen LogP contribution in [0.2, 0.25) is 0 Å². The van der Waals surface area contributed by atoms with Crippen LogP contribution in [0.5, 0.6) is 0 Å². The summed E-state index contributed by atoms with van der Waals surface area (Å²) in [6, 6.07) is 14.8. The summed E-state index contributed by atoms with van der Waals surface area (Å²) in [6.07, 6.45) is 0. The summed E-state index contributed by atoms with van der Waals surface area (Å²) in [5.74, 6) is -6.39. The Morgan fingerprint density at radius 3 is 2.39 bits per heavy atom. The van der Waals surface area contributed by atoms with Gasteiger partial charge in [-0.2, -0.15) is 0 Å². The third kappa shape index (κ3) is 2.08. The van der Waals surface area contributed by atoms with Gasteiger partial charge in [0.05, 0.1) is 18.8 Å². The summed E-state index contributed by atoms with van der Waals surface area (Å²) in [6.45, 7) is 1.05. The summed E-state index contributed by atoms with van der Waals surface area (Å²) in [5, 5.41) is 0. The molecule has 0 aliphatic carbocycles. The first kappa shape index (κ1) is 19.8. The van der Waals surface area contributed by atoms with Gasteiger partial charge in [-0.3, -0.25) is 24.1 Å². The minimum absolute atomic E-state index is 0.0502. The zero-order valence-corrected chi connectivity index (χ0v) is 17.5. The summed E-state index contributed by atoms with van der Waals surface area (Å²) in [7, 11) is 0. The van der Waals surface area contributed by atoms with E-state index in [0.717, 1.165) is 4.90 Å². The van der Waals surface area contributed by atoms with Gasteiger partial charge in [0.1, 0.15) is 11.8 Å². The van der Waals surface area contributed by atoms with E-state index < -0.39 is 59.2 Å². The molecule has 0 aromatic heterocycles. The highest BCUT2D eigenvalue weighted by Gasteiger charge is 2.84. The molecule has 1 spiro atoms. The standard InChI is InChI=1S/C24H18N2O7/c1-2-32-22(31)23-16(27)12-25-19(28)14-10-6-7-11-15(14)24(25,33-23)18-17(23)20(29)26(21(18)30)13-8-4-3-5-9-13/h3-11,17-18H,2,12H2,1H3. The molecule has 6 rings (SSSR count). The van der Waals surface area contributed by atoms with Crippen LogP contribution in [0.15, 0.2) is 54.6 Å². The molecule has 2 bridgehead atoms. The second-order valence-corrected chi connectivity index (χ2v) is 8.42. The Bertz CT molecular complexity index is 1270. The van der Waals surface area contributed by atoms with Crippen molar-refractivity contribution >= 4 is 35.2 Å². The lowest BCUT2D eigenvalue weighted by molar-refractivity contribution is -0.224. The monoisotopic (exact) mass is 446 g/mol. The van der Waals surface area contributed by atoms with Crippen LogP contribution in [-0.4, -0.2) is 53.1 Å². The molecule has 3 amide bonds. The van der Waals surface area contributed by atoms with E-state index in [1.807, 2.05) is 0 Å². The predicted octanol–water partition coefficient (Wildman–Crippen LogP) is 1.02. The normalized spacial score (nSPS) is 31.5. The molecule has 0 saturated carbocycles. The van der Waals surface area contributed by atoms with Gasteiger partial charge in [-0.05, 0) is 25.1 Å². The van der Waals surface area contributed by atoms with Gasteiger partial charge in [0.15, 0.2) is 11.5 Å². The van der Waals surface area contributed by atoms with Gasteiger partial charge in [-0.1, -0.05) is 36.4 Å². The van der Waals surface area contributed by atoms with Crippen LogP contribution >= 0.6 is 0 Å². The molecule has 4 aliphatic rings. The third-order valence-electron chi connectivity index (χ3n) is 6.98. The summed E-state index contributed by atoms with van der Waals surface area (Å²) >= 11 is 0. The molecule has 4 atom stereocenters. The predicted molar refractivity (Wildman–Crippen MR) is 111 cm³/mol. The summed E-state index contributed by atoms with van der Waals surface area (Å²) in [5.41, 5.74) is -3.13. The van der Waals surface area contributed by atoms with Gasteiger partial charge < -0.3 is 9.47 Å². The highest BCUT2D eigenvalue weighted by atomic mass is 16.6. The molecule has 3 fully saturated rings. The van der Waals surface area contributed by atoms with E-state index in [0.29, 0.717) is 11.3 Å². The van der Waals surface area contributed by atoms with Crippen molar-refractivity contribution in [2.75, 3.05) is 18.1 Å². The number of benzene rings is 2. The smallest absolute Gasteiger partial charge is 0.347 e. The van der Waals surface area contributed by atoms with Crippen molar-refractivity contribution in [2.24, 2.45) is 11.8 Å². The molecule has 166 valence electrons. The number of fused-ring (bicyclic) bond motifs is 4. The van der Waals surface area contributed by atoms with E-state index in [4.69, 9.17) is 9.47 Å². The molecule has 9 heteroatoms. The number of anilines is 1. The molecule has 4 unspecified atom stereocenters. The Labute approximate surface area is 187 Å². The van der Waals surface area contributed by atoms with E-state index in [9.17, 15) is 24.0 Å². The topological polar surface area (TPSA) is 110 Å². The maximum absolute atomic E-state index is 13.8. The Morgan fingerprint density at radius 1 is 1.00 bits per heavy atom. The van der Waals surface area contributed by atoms with E-state index >= 15 is 0 Å². The maximum Gasteiger partial charge on any atom is 0.347 e. The van der Waals surface area contributed by atoms with Crippen molar-refractivity contribution in [1.29, 1.82) is 0 Å². The number of esters is 1. The Hall–Kier alpha value is -3.85. The Balaban J connectivity index is 1.64. The zero-order chi connectivity index (χ0) is 23.1. The van der Waals surface area contributed by atoms with Gasteiger partial charge >= 0.3 is 5.97 Å². The summed E-state index contributed by atoms with van der Waals surface area (Å²) in [4.78, 5) is 69.7. The second-order valence-electron chi connectivity index (χ2n) is 8.42. The molecule has 2 aromatic rings. The fourth-order valence-electron chi connectivity index (χ4n) is 5.75. The van der Waals surface area contributed by atoms with Gasteiger partial charge in [0.25, 0.3) is 5.91 Å². The average Bonchev–Trinajstić information content (AvgIpc) is 3.36. The Morgan fingerprint density at radius 2 is 1.67 bits per heavy atom. The molecule has 3 saturated heterocycles. The number of hydrogen-bond acceptors (Lipinski definition) is 7. The number of rotatable bonds is 3. The molecule has 33 heavy (non-hydrogen) atoms. The number of carbonyl (C=O) groups is 5. The van der Waals surface area contributed by atoms with Crippen molar-refractivity contribution in [3.05, 3.63) is 65.7 Å². The molecule has 9 nitrogen and oxygen atoms in total. The number of amides is 3. The minimum atomic E-state index is -2.31.